The Morgan fingerprint density at radius 1 is 1.23 bits per heavy atom. The van der Waals surface area contributed by atoms with E-state index in [1.54, 1.807) is 0 Å². The maximum absolute atomic E-state index is 10.2. The summed E-state index contributed by atoms with van der Waals surface area (Å²) in [5, 5.41) is 24.6. The van der Waals surface area contributed by atoms with Gasteiger partial charge >= 0.3 is 0 Å². The van der Waals surface area contributed by atoms with Crippen LogP contribution in [0.1, 0.15) is 91.9 Å². The van der Waals surface area contributed by atoms with Crippen molar-refractivity contribution in [3.63, 3.8) is 0 Å². The topological polar surface area (TPSA) is 71.3 Å². The highest BCUT2D eigenvalue weighted by molar-refractivity contribution is 5.85. The molecule has 0 aromatic heterocycles. The Kier molecular flexibility index (Phi) is 10.6. The van der Waals surface area contributed by atoms with Crippen molar-refractivity contribution < 1.29 is 19.8 Å². The van der Waals surface area contributed by atoms with Gasteiger partial charge in [0.05, 0.1) is 24.5 Å². The third-order valence-electron chi connectivity index (χ3n) is 8.67. The number of oxime groups is 1. The largest absolute Gasteiger partial charge is 0.396 e. The maximum atomic E-state index is 10.2. The van der Waals surface area contributed by atoms with Crippen molar-refractivity contribution in [2.24, 2.45) is 28.3 Å². The van der Waals surface area contributed by atoms with Gasteiger partial charge in [0, 0.05) is 13.0 Å². The molecule has 3 saturated carbocycles. The van der Waals surface area contributed by atoms with Gasteiger partial charge in [-0.05, 0) is 85.7 Å². The second-order valence-electron chi connectivity index (χ2n) is 11.4. The molecule has 3 fully saturated rings. The van der Waals surface area contributed by atoms with Crippen LogP contribution in [0.3, 0.4) is 0 Å². The van der Waals surface area contributed by atoms with Gasteiger partial charge in [-0.3, -0.25) is 0 Å². The van der Waals surface area contributed by atoms with E-state index in [2.05, 4.69) is 51.6 Å². The molecular formula is C30H49NO4. The van der Waals surface area contributed by atoms with Gasteiger partial charge in [-0.15, -0.1) is 0 Å². The van der Waals surface area contributed by atoms with Crippen LogP contribution < -0.4 is 0 Å². The van der Waals surface area contributed by atoms with Gasteiger partial charge in [0.2, 0.25) is 0 Å². The van der Waals surface area contributed by atoms with E-state index >= 15 is 0 Å². The number of aliphatic hydroxyl groups is 2. The van der Waals surface area contributed by atoms with E-state index in [0.717, 1.165) is 49.1 Å². The van der Waals surface area contributed by atoms with Crippen molar-refractivity contribution in [2.45, 2.75) is 104 Å². The Morgan fingerprint density at radius 2 is 2.03 bits per heavy atom. The molecule has 0 radical (unpaired) electrons. The zero-order valence-corrected chi connectivity index (χ0v) is 22.6. The Morgan fingerprint density at radius 3 is 2.77 bits per heavy atom. The van der Waals surface area contributed by atoms with Crippen LogP contribution >= 0.6 is 0 Å². The highest BCUT2D eigenvalue weighted by Gasteiger charge is 2.50. The summed E-state index contributed by atoms with van der Waals surface area (Å²) >= 11 is 0. The van der Waals surface area contributed by atoms with Gasteiger partial charge in [0.15, 0.2) is 0 Å². The molecule has 3 aliphatic carbocycles. The lowest BCUT2D eigenvalue weighted by atomic mass is 9.61. The van der Waals surface area contributed by atoms with Crippen LogP contribution in [0.25, 0.3) is 0 Å². The van der Waals surface area contributed by atoms with Crippen LogP contribution in [0.5, 0.6) is 0 Å². The monoisotopic (exact) mass is 487 g/mol. The summed E-state index contributed by atoms with van der Waals surface area (Å²) in [6, 6.07) is 0. The fourth-order valence-corrected chi connectivity index (χ4v) is 6.82. The van der Waals surface area contributed by atoms with Crippen molar-refractivity contribution in [3.8, 4) is 0 Å². The lowest BCUT2D eigenvalue weighted by molar-refractivity contribution is 0.0443. The van der Waals surface area contributed by atoms with Crippen molar-refractivity contribution in [2.75, 3.05) is 19.8 Å². The van der Waals surface area contributed by atoms with Crippen LogP contribution in [0.2, 0.25) is 0 Å². The van der Waals surface area contributed by atoms with Crippen molar-refractivity contribution >= 4 is 5.71 Å². The van der Waals surface area contributed by atoms with Crippen LogP contribution in [-0.2, 0) is 9.57 Å². The molecule has 0 bridgehead atoms. The van der Waals surface area contributed by atoms with Gasteiger partial charge in [-0.25, -0.2) is 0 Å². The van der Waals surface area contributed by atoms with E-state index in [1.807, 2.05) is 0 Å². The third kappa shape index (κ3) is 7.08. The average Bonchev–Trinajstić information content (AvgIpc) is 3.18. The minimum absolute atomic E-state index is 0.304. The molecule has 0 aliphatic heterocycles. The van der Waals surface area contributed by atoms with E-state index in [-0.39, 0.29) is 0 Å². The summed E-state index contributed by atoms with van der Waals surface area (Å²) in [5.74, 6) is 1.76. The maximum Gasteiger partial charge on any atom is 0.116 e. The van der Waals surface area contributed by atoms with Crippen molar-refractivity contribution in [1.29, 1.82) is 0 Å². The number of ether oxygens (including phenoxy) is 1. The third-order valence-corrected chi connectivity index (χ3v) is 8.67. The molecule has 2 N–H and O–H groups in total. The molecule has 0 spiro atoms. The van der Waals surface area contributed by atoms with E-state index in [1.165, 1.54) is 31.3 Å². The highest BCUT2D eigenvalue weighted by atomic mass is 16.6. The van der Waals surface area contributed by atoms with Gasteiger partial charge in [0.1, 0.15) is 6.61 Å². The zero-order valence-electron chi connectivity index (χ0n) is 22.6. The molecule has 0 aromatic rings. The fourth-order valence-electron chi connectivity index (χ4n) is 6.82. The summed E-state index contributed by atoms with van der Waals surface area (Å²) in [4.78, 5) is 5.40. The van der Waals surface area contributed by atoms with E-state index < -0.39 is 12.2 Å². The highest BCUT2D eigenvalue weighted by Crippen LogP contribution is 2.59. The second-order valence-corrected chi connectivity index (χ2v) is 11.4. The minimum atomic E-state index is -0.627. The van der Waals surface area contributed by atoms with Gasteiger partial charge in [0.25, 0.3) is 0 Å². The number of aliphatic hydroxyl groups excluding tert-OH is 2. The first-order valence-electron chi connectivity index (χ1n) is 14.0. The Bertz CT molecular complexity index is 800. The number of nitrogens with zero attached hydrogens (tertiary/aromatic N) is 1. The van der Waals surface area contributed by atoms with Crippen molar-refractivity contribution in [1.82, 2.24) is 0 Å². The molecule has 5 nitrogen and oxygen atoms in total. The smallest absolute Gasteiger partial charge is 0.116 e. The minimum Gasteiger partial charge on any atom is -0.396 e. The first-order chi connectivity index (χ1) is 16.8. The second kappa shape index (κ2) is 13.2. The molecule has 6 atom stereocenters. The van der Waals surface area contributed by atoms with Gasteiger partial charge in [-0.1, -0.05) is 63.6 Å². The molecule has 35 heavy (non-hydrogen) atoms. The molecule has 0 heterocycles. The Labute approximate surface area is 213 Å². The van der Waals surface area contributed by atoms with E-state index in [0.29, 0.717) is 49.2 Å². The van der Waals surface area contributed by atoms with E-state index in [4.69, 9.17) is 9.57 Å². The Balaban J connectivity index is 1.62. The SMILES string of the molecule is C=C1/C(=C\C=C2/CCC[C@]3(C)[C@@H]([C@H](C)COC/C(CCC)=N\OCCC)CC[C@@H]23)C[C@@H](O)C[C@@H]1O. The molecule has 0 aromatic carbocycles. The first-order valence-corrected chi connectivity index (χ1v) is 14.0. The van der Waals surface area contributed by atoms with Crippen LogP contribution in [0.4, 0.5) is 0 Å². The summed E-state index contributed by atoms with van der Waals surface area (Å²) in [5.41, 5.74) is 4.62. The Hall–Kier alpha value is -1.43. The predicted molar refractivity (Wildman–Crippen MR) is 143 cm³/mol. The van der Waals surface area contributed by atoms with E-state index in [9.17, 15) is 10.2 Å². The quantitative estimate of drug-likeness (QED) is 0.202. The fraction of sp³-hybridized carbons (Fsp3) is 0.767. The van der Waals surface area contributed by atoms with Crippen LogP contribution in [-0.4, -0.2) is 48.0 Å². The summed E-state index contributed by atoms with van der Waals surface area (Å²) in [6.07, 6.45) is 13.4. The molecule has 0 unspecified atom stereocenters. The molecule has 3 rings (SSSR count). The molecule has 3 aliphatic rings. The molecule has 198 valence electrons. The summed E-state index contributed by atoms with van der Waals surface area (Å²) in [7, 11) is 0. The standard InChI is InChI=1S/C30H49NO4/c1-6-9-25(31-35-16-7-2)20-34-19-21(3)27-13-14-28-23(10-8-15-30(27,28)5)11-12-24-17-26(32)18-29(33)22(24)4/h11-12,21,26-29,32-33H,4,6-10,13-20H2,1-3,5H3/b23-11+,24-12-,31-25-/t21-,26-,27-,28+,29+,30-/m1/s1. The number of hydrogen-bond donors (Lipinski definition) is 2. The lowest BCUT2D eigenvalue weighted by Gasteiger charge is -2.44. The average molecular weight is 488 g/mol. The first kappa shape index (κ1) is 28.1. The van der Waals surface area contributed by atoms with Crippen molar-refractivity contribution in [3.05, 3.63) is 35.5 Å². The summed E-state index contributed by atoms with van der Waals surface area (Å²) < 4.78 is 6.17. The lowest BCUT2D eigenvalue weighted by Crippen LogP contribution is -2.37. The molecule has 5 heteroatoms. The molecule has 0 saturated heterocycles. The number of hydrogen-bond acceptors (Lipinski definition) is 5. The van der Waals surface area contributed by atoms with Crippen LogP contribution in [0, 0.1) is 23.2 Å². The predicted octanol–water partition coefficient (Wildman–Crippen LogP) is 6.36. The molecule has 0 amide bonds. The summed E-state index contributed by atoms with van der Waals surface area (Å²) in [6.45, 7) is 15.2. The normalized spacial score (nSPS) is 34.9. The number of rotatable bonds is 11. The zero-order chi connectivity index (χ0) is 25.4. The number of allylic oxidation sites excluding steroid dienone is 3. The van der Waals surface area contributed by atoms with Gasteiger partial charge < -0.3 is 19.8 Å². The van der Waals surface area contributed by atoms with Gasteiger partial charge in [-0.2, -0.15) is 0 Å². The number of fused-ring (bicyclic) bond motifs is 1. The molecular weight excluding hydrogens is 438 g/mol. The van der Waals surface area contributed by atoms with Crippen LogP contribution in [0.15, 0.2) is 40.6 Å².